The van der Waals surface area contributed by atoms with E-state index in [1.54, 1.807) is 4.68 Å². The molecule has 1 N–H and O–H groups in total. The maximum Gasteiger partial charge on any atom is 0.130 e. The molecule has 3 nitrogen and oxygen atoms in total. The fourth-order valence-corrected chi connectivity index (χ4v) is 3.91. The molecule has 1 aliphatic rings. The molecule has 0 saturated heterocycles. The van der Waals surface area contributed by atoms with Crippen molar-refractivity contribution in [1.82, 2.24) is 15.1 Å². The Morgan fingerprint density at radius 2 is 2.10 bits per heavy atom. The average molecular weight is 298 g/mol. The zero-order chi connectivity index (χ0) is 14.7. The van der Waals surface area contributed by atoms with E-state index in [0.29, 0.717) is 12.0 Å². The Morgan fingerprint density at radius 1 is 1.35 bits per heavy atom. The van der Waals surface area contributed by atoms with E-state index >= 15 is 0 Å². The topological polar surface area (TPSA) is 29.9 Å². The zero-order valence-electron chi connectivity index (χ0n) is 13.2. The summed E-state index contributed by atoms with van der Waals surface area (Å²) in [6, 6.07) is 0.637. The summed E-state index contributed by atoms with van der Waals surface area (Å²) in [5, 5.41) is 8.94. The summed E-state index contributed by atoms with van der Waals surface area (Å²) in [4.78, 5) is 0. The van der Waals surface area contributed by atoms with Gasteiger partial charge in [-0.25, -0.2) is 0 Å². The van der Waals surface area contributed by atoms with Crippen molar-refractivity contribution in [3.8, 4) is 0 Å². The van der Waals surface area contributed by atoms with Crippen molar-refractivity contribution < 1.29 is 0 Å². The smallest absolute Gasteiger partial charge is 0.130 e. The van der Waals surface area contributed by atoms with Gasteiger partial charge in [0.05, 0.1) is 5.69 Å². The Bertz CT molecular complexity index is 441. The molecular weight excluding hydrogens is 270 g/mol. The zero-order valence-corrected chi connectivity index (χ0v) is 14.0. The molecule has 1 saturated carbocycles. The normalized spacial score (nSPS) is 26.9. The molecule has 1 aromatic heterocycles. The third-order valence-corrected chi connectivity index (χ3v) is 5.34. The fraction of sp³-hybridized carbons (Fsp3) is 0.812. The molecule has 20 heavy (non-hydrogen) atoms. The predicted molar refractivity (Wildman–Crippen MR) is 85.2 cm³/mol. The van der Waals surface area contributed by atoms with Crippen LogP contribution in [-0.4, -0.2) is 22.4 Å². The monoisotopic (exact) mass is 297 g/mol. The molecular formula is C16H28ClN3. The molecule has 1 fully saturated rings. The van der Waals surface area contributed by atoms with Gasteiger partial charge >= 0.3 is 0 Å². The van der Waals surface area contributed by atoms with Gasteiger partial charge in [-0.05, 0) is 51.0 Å². The van der Waals surface area contributed by atoms with Crippen LogP contribution in [0, 0.1) is 18.8 Å². The number of hydrogen-bond donors (Lipinski definition) is 1. The predicted octanol–water partition coefficient (Wildman–Crippen LogP) is 3.73. The molecule has 3 unspecified atom stereocenters. The quantitative estimate of drug-likeness (QED) is 0.897. The highest BCUT2D eigenvalue weighted by Crippen LogP contribution is 2.35. The highest BCUT2D eigenvalue weighted by atomic mass is 35.5. The molecule has 3 atom stereocenters. The molecule has 114 valence electrons. The molecule has 0 spiro atoms. The van der Waals surface area contributed by atoms with E-state index in [-0.39, 0.29) is 0 Å². The van der Waals surface area contributed by atoms with Crippen LogP contribution >= 0.6 is 11.6 Å². The van der Waals surface area contributed by atoms with Gasteiger partial charge in [-0.15, -0.1) is 0 Å². The van der Waals surface area contributed by atoms with Crippen molar-refractivity contribution in [1.29, 1.82) is 0 Å². The van der Waals surface area contributed by atoms with Crippen LogP contribution in [0.4, 0.5) is 0 Å². The lowest BCUT2D eigenvalue weighted by Crippen LogP contribution is -2.41. The van der Waals surface area contributed by atoms with Crippen LogP contribution in [0.5, 0.6) is 0 Å². The van der Waals surface area contributed by atoms with Crippen LogP contribution < -0.4 is 5.32 Å². The minimum absolute atomic E-state index is 0.637. The standard InChI is InChI=1S/C16H28ClN3/c1-5-12-7-8-15(18-6-2)13(9-12)10-14-11(3)19-20(4)16(14)17/h12-13,15,18H,5-10H2,1-4H3. The van der Waals surface area contributed by atoms with Crippen LogP contribution in [0.3, 0.4) is 0 Å². The van der Waals surface area contributed by atoms with Crippen LogP contribution in [0.25, 0.3) is 0 Å². The van der Waals surface area contributed by atoms with E-state index < -0.39 is 0 Å². The van der Waals surface area contributed by atoms with Gasteiger partial charge in [-0.1, -0.05) is 31.9 Å². The van der Waals surface area contributed by atoms with E-state index in [4.69, 9.17) is 11.6 Å². The van der Waals surface area contributed by atoms with Crippen molar-refractivity contribution in [2.24, 2.45) is 18.9 Å². The van der Waals surface area contributed by atoms with Gasteiger partial charge in [0.1, 0.15) is 5.15 Å². The first kappa shape index (κ1) is 15.8. The summed E-state index contributed by atoms with van der Waals surface area (Å²) in [6.07, 6.45) is 6.35. The van der Waals surface area contributed by atoms with Gasteiger partial charge in [-0.2, -0.15) is 5.10 Å². The maximum absolute atomic E-state index is 6.41. The van der Waals surface area contributed by atoms with E-state index in [1.165, 1.54) is 31.2 Å². The van der Waals surface area contributed by atoms with Gasteiger partial charge in [0.25, 0.3) is 0 Å². The lowest BCUT2D eigenvalue weighted by molar-refractivity contribution is 0.200. The van der Waals surface area contributed by atoms with E-state index in [2.05, 4.69) is 31.2 Å². The molecule has 0 bridgehead atoms. The second-order valence-electron chi connectivity index (χ2n) is 6.19. The third-order valence-electron chi connectivity index (χ3n) is 4.87. The Labute approximate surface area is 128 Å². The number of aryl methyl sites for hydroxylation is 2. The molecule has 0 aromatic carbocycles. The van der Waals surface area contributed by atoms with Crippen molar-refractivity contribution in [2.75, 3.05) is 6.54 Å². The van der Waals surface area contributed by atoms with Crippen molar-refractivity contribution in [3.05, 3.63) is 16.4 Å². The maximum atomic E-state index is 6.41. The second kappa shape index (κ2) is 6.95. The molecule has 1 aromatic rings. The Balaban J connectivity index is 2.13. The average Bonchev–Trinajstić information content (AvgIpc) is 2.67. The minimum atomic E-state index is 0.637. The molecule has 4 heteroatoms. The number of hydrogen-bond acceptors (Lipinski definition) is 2. The molecule has 0 aliphatic heterocycles. The molecule has 2 rings (SSSR count). The first-order chi connectivity index (χ1) is 9.56. The molecule has 0 amide bonds. The molecule has 0 radical (unpaired) electrons. The fourth-order valence-electron chi connectivity index (χ4n) is 3.66. The van der Waals surface area contributed by atoms with Gasteiger partial charge in [0, 0.05) is 18.7 Å². The highest BCUT2D eigenvalue weighted by Gasteiger charge is 2.30. The number of nitrogens with zero attached hydrogens (tertiary/aromatic N) is 2. The lowest BCUT2D eigenvalue weighted by atomic mass is 9.74. The van der Waals surface area contributed by atoms with Gasteiger partial charge in [0.15, 0.2) is 0 Å². The summed E-state index contributed by atoms with van der Waals surface area (Å²) < 4.78 is 1.80. The van der Waals surface area contributed by atoms with Crippen LogP contribution in [0.2, 0.25) is 5.15 Å². The summed E-state index contributed by atoms with van der Waals surface area (Å²) in [7, 11) is 1.93. The Hall–Kier alpha value is -0.540. The number of rotatable bonds is 5. The van der Waals surface area contributed by atoms with Crippen molar-refractivity contribution in [3.63, 3.8) is 0 Å². The summed E-state index contributed by atoms with van der Waals surface area (Å²) >= 11 is 6.41. The SMILES string of the molecule is CCNC1CCC(CC)CC1Cc1c(C)nn(C)c1Cl. The molecule has 1 heterocycles. The van der Waals surface area contributed by atoms with Crippen LogP contribution in [-0.2, 0) is 13.5 Å². The van der Waals surface area contributed by atoms with Crippen LogP contribution in [0.15, 0.2) is 0 Å². The highest BCUT2D eigenvalue weighted by molar-refractivity contribution is 6.30. The summed E-state index contributed by atoms with van der Waals surface area (Å²) in [5.41, 5.74) is 2.34. The van der Waals surface area contributed by atoms with Gasteiger partial charge in [0.2, 0.25) is 0 Å². The van der Waals surface area contributed by atoms with Gasteiger partial charge < -0.3 is 5.32 Å². The Morgan fingerprint density at radius 3 is 2.65 bits per heavy atom. The second-order valence-corrected chi connectivity index (χ2v) is 6.55. The van der Waals surface area contributed by atoms with E-state index in [0.717, 1.165) is 29.7 Å². The Kier molecular flexibility index (Phi) is 5.50. The first-order valence-electron chi connectivity index (χ1n) is 7.98. The van der Waals surface area contributed by atoms with Crippen molar-refractivity contribution in [2.45, 2.75) is 58.9 Å². The number of halogens is 1. The summed E-state index contributed by atoms with van der Waals surface area (Å²) in [6.45, 7) is 7.64. The number of nitrogens with one attached hydrogen (secondary N) is 1. The lowest BCUT2D eigenvalue weighted by Gasteiger charge is -2.36. The molecule has 1 aliphatic carbocycles. The van der Waals surface area contributed by atoms with E-state index in [9.17, 15) is 0 Å². The largest absolute Gasteiger partial charge is 0.314 e. The van der Waals surface area contributed by atoms with Gasteiger partial charge in [-0.3, -0.25) is 4.68 Å². The summed E-state index contributed by atoms with van der Waals surface area (Å²) in [5.74, 6) is 1.57. The third kappa shape index (κ3) is 3.37. The van der Waals surface area contributed by atoms with E-state index in [1.807, 2.05) is 7.05 Å². The van der Waals surface area contributed by atoms with Crippen LogP contribution in [0.1, 0.15) is 50.8 Å². The minimum Gasteiger partial charge on any atom is -0.314 e. The van der Waals surface area contributed by atoms with Crippen molar-refractivity contribution >= 4 is 11.6 Å². The number of aromatic nitrogens is 2. The first-order valence-corrected chi connectivity index (χ1v) is 8.35.